The van der Waals surface area contributed by atoms with Crippen molar-refractivity contribution in [1.82, 2.24) is 9.80 Å². The number of aryl methyl sites for hydroxylation is 1. The van der Waals surface area contributed by atoms with Gasteiger partial charge in [0.2, 0.25) is 11.8 Å². The van der Waals surface area contributed by atoms with Gasteiger partial charge in [0.1, 0.15) is 0 Å². The number of rotatable bonds is 6. The van der Waals surface area contributed by atoms with Crippen LogP contribution in [0.3, 0.4) is 0 Å². The lowest BCUT2D eigenvalue weighted by atomic mass is 9.89. The van der Waals surface area contributed by atoms with Gasteiger partial charge in [-0.25, -0.2) is 0 Å². The van der Waals surface area contributed by atoms with Gasteiger partial charge in [-0.05, 0) is 75.0 Å². The first kappa shape index (κ1) is 23.3. The molecular formula is C27H36N4O2. The average Bonchev–Trinajstić information content (AvgIpc) is 3.30. The molecule has 2 aliphatic heterocycles. The third-order valence-electron chi connectivity index (χ3n) is 7.23. The van der Waals surface area contributed by atoms with Gasteiger partial charge in [-0.3, -0.25) is 14.5 Å². The average molecular weight is 449 g/mol. The van der Waals surface area contributed by atoms with E-state index in [1.165, 1.54) is 11.1 Å². The van der Waals surface area contributed by atoms with Crippen LogP contribution >= 0.6 is 0 Å². The number of carbonyl (C=O) groups is 2. The van der Waals surface area contributed by atoms with Gasteiger partial charge >= 0.3 is 0 Å². The Kier molecular flexibility index (Phi) is 7.33. The summed E-state index contributed by atoms with van der Waals surface area (Å²) in [5, 5.41) is 3.05. The Hall–Kier alpha value is -2.86. The Balaban J connectivity index is 1.22. The predicted octanol–water partition coefficient (Wildman–Crippen LogP) is 3.87. The molecule has 2 aromatic rings. The van der Waals surface area contributed by atoms with E-state index >= 15 is 0 Å². The van der Waals surface area contributed by atoms with E-state index in [1.807, 2.05) is 24.1 Å². The summed E-state index contributed by atoms with van der Waals surface area (Å²) in [6.07, 6.45) is 3.18. The summed E-state index contributed by atoms with van der Waals surface area (Å²) >= 11 is 0. The van der Waals surface area contributed by atoms with Crippen molar-refractivity contribution >= 4 is 23.2 Å². The van der Waals surface area contributed by atoms with Crippen LogP contribution in [0.25, 0.3) is 0 Å². The number of hydrogen-bond donors (Lipinski definition) is 1. The van der Waals surface area contributed by atoms with Gasteiger partial charge in [0.25, 0.3) is 0 Å². The zero-order valence-electron chi connectivity index (χ0n) is 20.1. The molecule has 0 bridgehead atoms. The largest absolute Gasteiger partial charge is 0.369 e. The lowest BCUT2D eigenvalue weighted by Gasteiger charge is -2.31. The summed E-state index contributed by atoms with van der Waals surface area (Å²) < 4.78 is 0. The molecule has 2 saturated heterocycles. The minimum atomic E-state index is 0.0425. The first-order valence-electron chi connectivity index (χ1n) is 12.1. The second-order valence-corrected chi connectivity index (χ2v) is 9.57. The number of likely N-dealkylation sites (N-methyl/N-ethyl adjacent to an activating group) is 1. The maximum atomic E-state index is 12.6. The molecular weight excluding hydrogens is 412 g/mol. The van der Waals surface area contributed by atoms with Gasteiger partial charge in [-0.2, -0.15) is 0 Å². The molecule has 1 unspecified atom stereocenters. The highest BCUT2D eigenvalue weighted by Crippen LogP contribution is 2.28. The Labute approximate surface area is 197 Å². The summed E-state index contributed by atoms with van der Waals surface area (Å²) in [6, 6.07) is 17.2. The molecule has 0 saturated carbocycles. The van der Waals surface area contributed by atoms with E-state index in [4.69, 9.17) is 0 Å². The number of benzene rings is 2. The number of piperidine rings is 1. The Morgan fingerprint density at radius 1 is 0.970 bits per heavy atom. The number of nitrogens with one attached hydrogen (secondary N) is 1. The smallest absolute Gasteiger partial charge is 0.238 e. The standard InChI is InChI=1S/C27H36N4O2/c1-20-4-6-22(7-5-20)23-12-15-30(16-13-23)19-27(33)28-24-8-10-25(11-9-24)31-17-14-26(18-31)29(3)21(2)32/h4-11,23,26H,12-19H2,1-3H3,(H,28,33). The zero-order chi connectivity index (χ0) is 23.4. The van der Waals surface area contributed by atoms with Crippen LogP contribution in [0.5, 0.6) is 0 Å². The van der Waals surface area contributed by atoms with Crippen molar-refractivity contribution < 1.29 is 9.59 Å². The highest BCUT2D eigenvalue weighted by Gasteiger charge is 2.27. The van der Waals surface area contributed by atoms with Crippen LogP contribution in [0.1, 0.15) is 43.2 Å². The van der Waals surface area contributed by atoms with Crippen LogP contribution in [0.2, 0.25) is 0 Å². The van der Waals surface area contributed by atoms with E-state index in [-0.39, 0.29) is 17.9 Å². The quantitative estimate of drug-likeness (QED) is 0.729. The fourth-order valence-electron chi connectivity index (χ4n) is 4.97. The van der Waals surface area contributed by atoms with Crippen molar-refractivity contribution in [2.45, 2.75) is 45.1 Å². The number of carbonyl (C=O) groups excluding carboxylic acids is 2. The van der Waals surface area contributed by atoms with Gasteiger partial charge in [0.15, 0.2) is 0 Å². The van der Waals surface area contributed by atoms with Crippen LogP contribution in [0.15, 0.2) is 48.5 Å². The van der Waals surface area contributed by atoms with Gasteiger partial charge in [0.05, 0.1) is 12.6 Å². The molecule has 2 amide bonds. The van der Waals surface area contributed by atoms with Crippen LogP contribution in [0, 0.1) is 6.92 Å². The molecule has 2 aromatic carbocycles. The number of likely N-dealkylation sites (tertiary alicyclic amines) is 1. The van der Waals surface area contributed by atoms with E-state index in [1.54, 1.807) is 6.92 Å². The molecule has 6 nitrogen and oxygen atoms in total. The third-order valence-corrected chi connectivity index (χ3v) is 7.23. The molecule has 2 heterocycles. The molecule has 0 aromatic heterocycles. The molecule has 33 heavy (non-hydrogen) atoms. The SMILES string of the molecule is CC(=O)N(C)C1CCN(c2ccc(NC(=O)CN3CCC(c4ccc(C)cc4)CC3)cc2)C1. The predicted molar refractivity (Wildman–Crippen MR) is 134 cm³/mol. The van der Waals surface area contributed by atoms with E-state index < -0.39 is 0 Å². The Morgan fingerprint density at radius 3 is 2.27 bits per heavy atom. The third kappa shape index (κ3) is 5.93. The minimum absolute atomic E-state index is 0.0425. The van der Waals surface area contributed by atoms with E-state index in [9.17, 15) is 9.59 Å². The van der Waals surface area contributed by atoms with Gasteiger partial charge in [-0.15, -0.1) is 0 Å². The fourth-order valence-corrected chi connectivity index (χ4v) is 4.97. The van der Waals surface area contributed by atoms with Crippen molar-refractivity contribution in [3.8, 4) is 0 Å². The molecule has 0 aliphatic carbocycles. The molecule has 2 aliphatic rings. The van der Waals surface area contributed by atoms with Crippen LogP contribution < -0.4 is 10.2 Å². The highest BCUT2D eigenvalue weighted by molar-refractivity contribution is 5.92. The van der Waals surface area contributed by atoms with Gasteiger partial charge < -0.3 is 15.1 Å². The maximum absolute atomic E-state index is 12.6. The van der Waals surface area contributed by atoms with Crippen molar-refractivity contribution in [2.24, 2.45) is 0 Å². The normalized spacial score (nSPS) is 19.5. The summed E-state index contributed by atoms with van der Waals surface area (Å²) in [6.45, 7) is 7.87. The topological polar surface area (TPSA) is 55.9 Å². The first-order chi connectivity index (χ1) is 15.9. The molecule has 2 fully saturated rings. The molecule has 6 heteroatoms. The summed E-state index contributed by atoms with van der Waals surface area (Å²) in [7, 11) is 1.88. The van der Waals surface area contributed by atoms with Gasteiger partial charge in [0, 0.05) is 38.4 Å². The molecule has 0 spiro atoms. The van der Waals surface area contributed by atoms with Crippen molar-refractivity contribution in [2.75, 3.05) is 50.0 Å². The first-order valence-corrected chi connectivity index (χ1v) is 12.1. The highest BCUT2D eigenvalue weighted by atomic mass is 16.2. The van der Waals surface area contributed by atoms with Crippen molar-refractivity contribution in [3.05, 3.63) is 59.7 Å². The molecule has 4 rings (SSSR count). The lowest BCUT2D eigenvalue weighted by Crippen LogP contribution is -2.38. The molecule has 1 atom stereocenters. The fraction of sp³-hybridized carbons (Fsp3) is 0.481. The van der Waals surface area contributed by atoms with Crippen LogP contribution in [-0.2, 0) is 9.59 Å². The molecule has 176 valence electrons. The number of hydrogen-bond acceptors (Lipinski definition) is 4. The lowest BCUT2D eigenvalue weighted by molar-refractivity contribution is -0.129. The summed E-state index contributed by atoms with van der Waals surface area (Å²) in [4.78, 5) is 30.6. The van der Waals surface area contributed by atoms with Crippen molar-refractivity contribution in [3.63, 3.8) is 0 Å². The number of amides is 2. The van der Waals surface area contributed by atoms with E-state index in [2.05, 4.69) is 58.4 Å². The number of nitrogens with zero attached hydrogens (tertiary/aromatic N) is 3. The minimum Gasteiger partial charge on any atom is -0.369 e. The van der Waals surface area contributed by atoms with Gasteiger partial charge in [-0.1, -0.05) is 29.8 Å². The summed E-state index contributed by atoms with van der Waals surface area (Å²) in [5.74, 6) is 0.748. The number of anilines is 2. The van der Waals surface area contributed by atoms with Crippen LogP contribution in [0.4, 0.5) is 11.4 Å². The monoisotopic (exact) mass is 448 g/mol. The van der Waals surface area contributed by atoms with E-state index in [0.717, 1.165) is 56.8 Å². The molecule has 1 N–H and O–H groups in total. The molecule has 0 radical (unpaired) electrons. The second-order valence-electron chi connectivity index (χ2n) is 9.57. The Bertz CT molecular complexity index is 949. The summed E-state index contributed by atoms with van der Waals surface area (Å²) in [5.41, 5.74) is 4.67. The second kappa shape index (κ2) is 10.4. The van der Waals surface area contributed by atoms with Crippen LogP contribution in [-0.4, -0.2) is 67.4 Å². The maximum Gasteiger partial charge on any atom is 0.238 e. The Morgan fingerprint density at radius 2 is 1.64 bits per heavy atom. The zero-order valence-corrected chi connectivity index (χ0v) is 20.1. The van der Waals surface area contributed by atoms with Crippen molar-refractivity contribution in [1.29, 1.82) is 0 Å². The van der Waals surface area contributed by atoms with E-state index in [0.29, 0.717) is 12.5 Å².